The van der Waals surface area contributed by atoms with Gasteiger partial charge < -0.3 is 5.11 Å². The minimum atomic E-state index is -3.91. The molecule has 0 aliphatic heterocycles. The highest BCUT2D eigenvalue weighted by Gasteiger charge is 2.26. The molecule has 6 nitrogen and oxygen atoms in total. The van der Waals surface area contributed by atoms with Gasteiger partial charge in [0.05, 0.1) is 4.90 Å². The summed E-state index contributed by atoms with van der Waals surface area (Å²) >= 11 is 0. The van der Waals surface area contributed by atoms with Crippen LogP contribution in [0.25, 0.3) is 0 Å². The van der Waals surface area contributed by atoms with Crippen LogP contribution in [0.3, 0.4) is 0 Å². The van der Waals surface area contributed by atoms with Crippen molar-refractivity contribution in [1.29, 1.82) is 0 Å². The number of rotatable bonds is 7. The zero-order chi connectivity index (χ0) is 16.9. The predicted octanol–water partition coefficient (Wildman–Crippen LogP) is 1.62. The first kappa shape index (κ1) is 17.1. The molecule has 0 radical (unpaired) electrons. The monoisotopic (exact) mass is 334 g/mol. The molecular formula is C16H18N2O4S. The van der Waals surface area contributed by atoms with E-state index in [4.69, 9.17) is 0 Å². The number of hydrogen-bond donors (Lipinski definition) is 2. The number of nitrogens with zero attached hydrogens (tertiary/aromatic N) is 1. The lowest BCUT2D eigenvalue weighted by Gasteiger charge is -2.16. The molecule has 1 heterocycles. The standard InChI is InChI=1S/C16H18N2O4S/c1-2-13-5-3-4-6-15(13)23(21,22)18-14(16(19)20)11-12-7-9-17-10-8-12/h3-10,14,18H,2,11H2,1H3,(H,19,20). The van der Waals surface area contributed by atoms with E-state index in [2.05, 4.69) is 9.71 Å². The zero-order valence-corrected chi connectivity index (χ0v) is 13.5. The molecule has 23 heavy (non-hydrogen) atoms. The number of carboxylic acids is 1. The molecule has 1 aromatic heterocycles. The van der Waals surface area contributed by atoms with E-state index in [9.17, 15) is 18.3 Å². The quantitative estimate of drug-likeness (QED) is 0.802. The van der Waals surface area contributed by atoms with Gasteiger partial charge in [-0.15, -0.1) is 0 Å². The maximum atomic E-state index is 12.5. The van der Waals surface area contributed by atoms with Gasteiger partial charge in [0.25, 0.3) is 0 Å². The van der Waals surface area contributed by atoms with Gasteiger partial charge in [0, 0.05) is 12.4 Å². The fourth-order valence-electron chi connectivity index (χ4n) is 2.24. The summed E-state index contributed by atoms with van der Waals surface area (Å²) in [7, 11) is -3.91. The Morgan fingerprint density at radius 2 is 1.87 bits per heavy atom. The first-order valence-corrected chi connectivity index (χ1v) is 8.64. The summed E-state index contributed by atoms with van der Waals surface area (Å²) in [4.78, 5) is 15.4. The van der Waals surface area contributed by atoms with E-state index < -0.39 is 22.0 Å². The molecule has 0 saturated carbocycles. The van der Waals surface area contributed by atoms with Crippen molar-refractivity contribution in [2.45, 2.75) is 30.7 Å². The second kappa shape index (κ2) is 7.34. The summed E-state index contributed by atoms with van der Waals surface area (Å²) in [6, 6.07) is 8.64. The fourth-order valence-corrected chi connectivity index (χ4v) is 3.74. The molecule has 7 heteroatoms. The molecule has 0 aliphatic carbocycles. The molecular weight excluding hydrogens is 316 g/mol. The van der Waals surface area contributed by atoms with Crippen molar-refractivity contribution < 1.29 is 18.3 Å². The number of hydrogen-bond acceptors (Lipinski definition) is 4. The van der Waals surface area contributed by atoms with Gasteiger partial charge in [-0.2, -0.15) is 4.72 Å². The number of pyridine rings is 1. The Bertz CT molecular complexity index is 776. The highest BCUT2D eigenvalue weighted by Crippen LogP contribution is 2.17. The van der Waals surface area contributed by atoms with Crippen LogP contribution in [-0.4, -0.2) is 30.5 Å². The van der Waals surface area contributed by atoms with E-state index in [1.165, 1.54) is 18.5 Å². The second-order valence-corrected chi connectivity index (χ2v) is 6.72. The number of sulfonamides is 1. The number of aromatic nitrogens is 1. The van der Waals surface area contributed by atoms with Crippen molar-refractivity contribution in [3.05, 3.63) is 59.9 Å². The molecule has 1 atom stereocenters. The van der Waals surface area contributed by atoms with Crippen LogP contribution in [0.1, 0.15) is 18.1 Å². The van der Waals surface area contributed by atoms with Crippen LogP contribution >= 0.6 is 0 Å². The van der Waals surface area contributed by atoms with Gasteiger partial charge in [-0.3, -0.25) is 9.78 Å². The molecule has 0 fully saturated rings. The molecule has 1 aromatic carbocycles. The SMILES string of the molecule is CCc1ccccc1S(=O)(=O)NC(Cc1ccncc1)C(=O)O. The lowest BCUT2D eigenvalue weighted by atomic mass is 10.1. The predicted molar refractivity (Wildman–Crippen MR) is 85.5 cm³/mol. The summed E-state index contributed by atoms with van der Waals surface area (Å²) < 4.78 is 27.3. The number of carbonyl (C=O) groups is 1. The average Bonchev–Trinajstić information content (AvgIpc) is 2.55. The third-order valence-electron chi connectivity index (χ3n) is 3.43. The lowest BCUT2D eigenvalue weighted by Crippen LogP contribution is -2.42. The van der Waals surface area contributed by atoms with Crippen LogP contribution in [0.4, 0.5) is 0 Å². The average molecular weight is 334 g/mol. The summed E-state index contributed by atoms with van der Waals surface area (Å²) in [5.74, 6) is -1.22. The van der Waals surface area contributed by atoms with Crippen LogP contribution in [0.2, 0.25) is 0 Å². The maximum Gasteiger partial charge on any atom is 0.322 e. The summed E-state index contributed by atoms with van der Waals surface area (Å²) in [6.07, 6.45) is 3.66. The van der Waals surface area contributed by atoms with Crippen molar-refractivity contribution >= 4 is 16.0 Å². The molecule has 0 saturated heterocycles. The first-order chi connectivity index (χ1) is 10.9. The van der Waals surface area contributed by atoms with Crippen molar-refractivity contribution in [2.24, 2.45) is 0 Å². The van der Waals surface area contributed by atoms with Crippen LogP contribution in [0, 0.1) is 0 Å². The molecule has 2 rings (SSSR count). The minimum absolute atomic E-state index is 0.0470. The van der Waals surface area contributed by atoms with Gasteiger partial charge in [-0.05, 0) is 42.2 Å². The Balaban J connectivity index is 2.27. The Kier molecular flexibility index (Phi) is 5.46. The van der Waals surface area contributed by atoms with E-state index >= 15 is 0 Å². The maximum absolute atomic E-state index is 12.5. The van der Waals surface area contributed by atoms with E-state index in [0.29, 0.717) is 17.5 Å². The minimum Gasteiger partial charge on any atom is -0.480 e. The van der Waals surface area contributed by atoms with Crippen LogP contribution < -0.4 is 4.72 Å². The van der Waals surface area contributed by atoms with E-state index in [1.807, 2.05) is 6.92 Å². The molecule has 1 unspecified atom stereocenters. The number of carboxylic acid groups (broad SMARTS) is 1. The largest absolute Gasteiger partial charge is 0.480 e. The summed E-state index contributed by atoms with van der Waals surface area (Å²) in [5.41, 5.74) is 1.34. The third kappa shape index (κ3) is 4.37. The number of aliphatic carboxylic acids is 1. The molecule has 0 bridgehead atoms. The summed E-state index contributed by atoms with van der Waals surface area (Å²) in [5, 5.41) is 9.33. The Labute approximate surface area is 135 Å². The highest BCUT2D eigenvalue weighted by molar-refractivity contribution is 7.89. The Morgan fingerprint density at radius 3 is 2.48 bits per heavy atom. The summed E-state index contributed by atoms with van der Waals surface area (Å²) in [6.45, 7) is 1.85. The molecule has 0 amide bonds. The van der Waals surface area contributed by atoms with E-state index in [0.717, 1.165) is 0 Å². The van der Waals surface area contributed by atoms with Gasteiger partial charge in [0.15, 0.2) is 0 Å². The van der Waals surface area contributed by atoms with Crippen molar-refractivity contribution in [3.8, 4) is 0 Å². The fraction of sp³-hybridized carbons (Fsp3) is 0.250. The number of aryl methyl sites for hydroxylation is 1. The van der Waals surface area contributed by atoms with Crippen molar-refractivity contribution in [3.63, 3.8) is 0 Å². The molecule has 0 spiro atoms. The number of nitrogens with one attached hydrogen (secondary N) is 1. The van der Waals surface area contributed by atoms with Gasteiger partial charge in [-0.25, -0.2) is 8.42 Å². The van der Waals surface area contributed by atoms with E-state index in [-0.39, 0.29) is 11.3 Å². The normalized spacial score (nSPS) is 12.7. The topological polar surface area (TPSA) is 96.4 Å². The van der Waals surface area contributed by atoms with Crippen molar-refractivity contribution in [2.75, 3.05) is 0 Å². The third-order valence-corrected chi connectivity index (χ3v) is 5.00. The lowest BCUT2D eigenvalue weighted by molar-refractivity contribution is -0.138. The van der Waals surface area contributed by atoms with Crippen LogP contribution in [0.15, 0.2) is 53.7 Å². The second-order valence-electron chi connectivity index (χ2n) is 5.03. The smallest absolute Gasteiger partial charge is 0.322 e. The van der Waals surface area contributed by atoms with Crippen LogP contribution in [0.5, 0.6) is 0 Å². The highest BCUT2D eigenvalue weighted by atomic mass is 32.2. The van der Waals surface area contributed by atoms with Gasteiger partial charge >= 0.3 is 5.97 Å². The van der Waals surface area contributed by atoms with Gasteiger partial charge in [0.2, 0.25) is 10.0 Å². The van der Waals surface area contributed by atoms with Gasteiger partial charge in [0.1, 0.15) is 6.04 Å². The molecule has 122 valence electrons. The van der Waals surface area contributed by atoms with Crippen molar-refractivity contribution in [1.82, 2.24) is 9.71 Å². The van der Waals surface area contributed by atoms with Gasteiger partial charge in [-0.1, -0.05) is 25.1 Å². The first-order valence-electron chi connectivity index (χ1n) is 7.16. The molecule has 0 aliphatic rings. The Hall–Kier alpha value is -2.25. The zero-order valence-electron chi connectivity index (χ0n) is 12.6. The Morgan fingerprint density at radius 1 is 1.22 bits per heavy atom. The van der Waals surface area contributed by atoms with Crippen LogP contribution in [-0.2, 0) is 27.7 Å². The molecule has 2 aromatic rings. The number of benzene rings is 1. The van der Waals surface area contributed by atoms with E-state index in [1.54, 1.807) is 30.3 Å². The molecule has 2 N–H and O–H groups in total.